The number of amides is 1. The Bertz CT molecular complexity index is 1700. The van der Waals surface area contributed by atoms with Gasteiger partial charge in [-0.25, -0.2) is 4.79 Å². The van der Waals surface area contributed by atoms with Crippen LogP contribution in [-0.2, 0) is 20.7 Å². The summed E-state index contributed by atoms with van der Waals surface area (Å²) in [4.78, 5) is 48.9. The van der Waals surface area contributed by atoms with Gasteiger partial charge in [0.05, 0.1) is 18.7 Å². The minimum atomic E-state index is -0.990. The van der Waals surface area contributed by atoms with Gasteiger partial charge in [-0.15, -0.1) is 0 Å². The van der Waals surface area contributed by atoms with Crippen LogP contribution in [0.1, 0.15) is 33.2 Å². The summed E-state index contributed by atoms with van der Waals surface area (Å²) in [5.41, 5.74) is 4.36. The summed E-state index contributed by atoms with van der Waals surface area (Å²) in [6.45, 7) is 0. The van der Waals surface area contributed by atoms with Gasteiger partial charge in [0.1, 0.15) is 6.04 Å². The van der Waals surface area contributed by atoms with Crippen LogP contribution >= 0.6 is 15.9 Å². The van der Waals surface area contributed by atoms with Gasteiger partial charge in [-0.2, -0.15) is 0 Å². The molecule has 184 valence electrons. The van der Waals surface area contributed by atoms with E-state index in [1.54, 1.807) is 12.3 Å². The van der Waals surface area contributed by atoms with E-state index in [1.165, 1.54) is 12.0 Å². The van der Waals surface area contributed by atoms with Gasteiger partial charge in [-0.3, -0.25) is 9.59 Å². The van der Waals surface area contributed by atoms with Gasteiger partial charge in [0.25, 0.3) is 11.7 Å². The SMILES string of the molecule is COC(=O)[C@@H]1Cc2c([nH]c3ccccc23)[C@@H](c2ccccc2Br)N1C(=O)C(=O)c1c[nH]c2ccccc12. The molecule has 5 aromatic rings. The molecular formula is C29H22BrN3O4. The molecule has 6 rings (SSSR count). The number of fused-ring (bicyclic) bond motifs is 4. The zero-order valence-electron chi connectivity index (χ0n) is 19.8. The Labute approximate surface area is 220 Å². The van der Waals surface area contributed by atoms with Crippen molar-refractivity contribution in [2.24, 2.45) is 0 Å². The lowest BCUT2D eigenvalue weighted by atomic mass is 9.87. The molecule has 7 nitrogen and oxygen atoms in total. The first kappa shape index (κ1) is 23.2. The summed E-state index contributed by atoms with van der Waals surface area (Å²) in [6, 6.07) is 20.9. The average molecular weight is 556 g/mol. The fourth-order valence-electron chi connectivity index (χ4n) is 5.37. The number of carbonyl (C=O) groups excluding carboxylic acids is 3. The number of esters is 1. The fraction of sp³-hybridized carbons (Fsp3) is 0.138. The van der Waals surface area contributed by atoms with Crippen LogP contribution < -0.4 is 0 Å². The van der Waals surface area contributed by atoms with Crippen molar-refractivity contribution >= 4 is 55.4 Å². The standard InChI is InChI=1S/C29H22BrN3O4/c1-37-29(36)24-14-19-16-8-4-7-13-23(16)32-25(19)26(18-10-2-5-11-21(18)30)33(24)28(35)27(34)20-15-31-22-12-6-3-9-17(20)22/h2-13,15,24,26,31-32H,14H2,1H3/t24-,26+/m0/s1. The van der Waals surface area contributed by atoms with Crippen LogP contribution in [0.2, 0.25) is 0 Å². The molecule has 0 saturated carbocycles. The van der Waals surface area contributed by atoms with Crippen molar-refractivity contribution in [1.29, 1.82) is 0 Å². The second-order valence-electron chi connectivity index (χ2n) is 9.02. The number of benzene rings is 3. The Kier molecular flexibility index (Phi) is 5.68. The maximum absolute atomic E-state index is 14.1. The molecule has 37 heavy (non-hydrogen) atoms. The number of aromatic nitrogens is 2. The van der Waals surface area contributed by atoms with Crippen LogP contribution in [0.5, 0.6) is 0 Å². The number of hydrogen-bond donors (Lipinski definition) is 2. The normalized spacial score (nSPS) is 17.1. The van der Waals surface area contributed by atoms with Crippen molar-refractivity contribution in [2.75, 3.05) is 7.11 Å². The van der Waals surface area contributed by atoms with Crippen molar-refractivity contribution < 1.29 is 19.1 Å². The van der Waals surface area contributed by atoms with Crippen molar-refractivity contribution in [3.05, 3.63) is 106 Å². The van der Waals surface area contributed by atoms with Gasteiger partial charge in [0.15, 0.2) is 0 Å². The van der Waals surface area contributed by atoms with Crippen LogP contribution in [0.4, 0.5) is 0 Å². The van der Waals surface area contributed by atoms with Crippen molar-refractivity contribution in [2.45, 2.75) is 18.5 Å². The third-order valence-electron chi connectivity index (χ3n) is 7.07. The molecule has 0 radical (unpaired) electrons. The number of H-pyrrole nitrogens is 2. The molecule has 0 aliphatic carbocycles. The highest BCUT2D eigenvalue weighted by molar-refractivity contribution is 9.10. The molecule has 1 aliphatic rings. The predicted octanol–water partition coefficient (Wildman–Crippen LogP) is 5.31. The fourth-order valence-corrected chi connectivity index (χ4v) is 5.87. The molecule has 0 spiro atoms. The van der Waals surface area contributed by atoms with Gasteiger partial charge in [0.2, 0.25) is 0 Å². The van der Waals surface area contributed by atoms with E-state index >= 15 is 0 Å². The minimum absolute atomic E-state index is 0.222. The van der Waals surface area contributed by atoms with E-state index in [4.69, 9.17) is 4.74 Å². The quantitative estimate of drug-likeness (QED) is 0.178. The van der Waals surface area contributed by atoms with Crippen molar-refractivity contribution in [3.8, 4) is 0 Å². The smallest absolute Gasteiger partial charge is 0.328 e. The van der Waals surface area contributed by atoms with Crippen LogP contribution in [0.3, 0.4) is 0 Å². The van der Waals surface area contributed by atoms with Gasteiger partial charge in [0, 0.05) is 44.6 Å². The van der Waals surface area contributed by atoms with E-state index in [9.17, 15) is 14.4 Å². The average Bonchev–Trinajstić information content (AvgIpc) is 3.53. The molecule has 0 saturated heterocycles. The second-order valence-corrected chi connectivity index (χ2v) is 9.87. The number of ketones is 1. The van der Waals surface area contributed by atoms with Gasteiger partial charge >= 0.3 is 5.97 Å². The van der Waals surface area contributed by atoms with Gasteiger partial charge < -0.3 is 19.6 Å². The van der Waals surface area contributed by atoms with Crippen LogP contribution in [-0.4, -0.2) is 45.7 Å². The van der Waals surface area contributed by atoms with Crippen LogP contribution in [0.25, 0.3) is 21.8 Å². The summed E-state index contributed by atoms with van der Waals surface area (Å²) < 4.78 is 5.91. The highest BCUT2D eigenvalue weighted by atomic mass is 79.9. The van der Waals surface area contributed by atoms with E-state index < -0.39 is 29.7 Å². The third kappa shape index (κ3) is 3.67. The number of Topliss-reactive ketones (excluding diaryl/α,β-unsaturated/α-hetero) is 1. The number of hydrogen-bond acceptors (Lipinski definition) is 4. The van der Waals surface area contributed by atoms with Crippen LogP contribution in [0.15, 0.2) is 83.5 Å². The molecular weight excluding hydrogens is 534 g/mol. The summed E-state index contributed by atoms with van der Waals surface area (Å²) in [5.74, 6) is -2.04. The lowest BCUT2D eigenvalue weighted by molar-refractivity contribution is -0.153. The van der Waals surface area contributed by atoms with E-state index in [0.29, 0.717) is 5.39 Å². The Hall–Kier alpha value is -4.17. The lowest BCUT2D eigenvalue weighted by Crippen LogP contribution is -2.54. The number of nitrogens with zero attached hydrogens (tertiary/aromatic N) is 1. The molecule has 3 aromatic carbocycles. The third-order valence-corrected chi connectivity index (χ3v) is 7.79. The molecule has 3 heterocycles. The highest BCUT2D eigenvalue weighted by Crippen LogP contribution is 2.43. The Balaban J connectivity index is 1.57. The largest absolute Gasteiger partial charge is 0.467 e. The number of ether oxygens (including phenoxy) is 1. The number of halogens is 1. The number of nitrogens with one attached hydrogen (secondary N) is 2. The van der Waals surface area contributed by atoms with Gasteiger partial charge in [-0.05, 0) is 29.3 Å². The number of aromatic amines is 2. The zero-order valence-corrected chi connectivity index (χ0v) is 21.4. The minimum Gasteiger partial charge on any atom is -0.467 e. The monoisotopic (exact) mass is 555 g/mol. The maximum atomic E-state index is 14.1. The first-order valence-corrected chi connectivity index (χ1v) is 12.6. The first-order chi connectivity index (χ1) is 18.0. The molecule has 2 atom stereocenters. The van der Waals surface area contributed by atoms with Crippen LogP contribution in [0, 0.1) is 0 Å². The molecule has 2 N–H and O–H groups in total. The highest BCUT2D eigenvalue weighted by Gasteiger charge is 2.46. The lowest BCUT2D eigenvalue weighted by Gasteiger charge is -2.40. The molecule has 1 aliphatic heterocycles. The number of para-hydroxylation sites is 2. The van der Waals surface area contributed by atoms with E-state index in [-0.39, 0.29) is 12.0 Å². The Morgan fingerprint density at radius 1 is 0.919 bits per heavy atom. The number of methoxy groups -OCH3 is 1. The first-order valence-electron chi connectivity index (χ1n) is 11.8. The predicted molar refractivity (Wildman–Crippen MR) is 143 cm³/mol. The van der Waals surface area contributed by atoms with E-state index in [1.807, 2.05) is 66.7 Å². The molecule has 0 fully saturated rings. The number of rotatable bonds is 4. The number of carbonyl (C=O) groups is 3. The summed E-state index contributed by atoms with van der Waals surface area (Å²) in [7, 11) is 1.30. The summed E-state index contributed by atoms with van der Waals surface area (Å²) in [5, 5.41) is 1.62. The van der Waals surface area contributed by atoms with E-state index in [2.05, 4.69) is 25.9 Å². The maximum Gasteiger partial charge on any atom is 0.328 e. The molecule has 8 heteroatoms. The second kappa shape index (κ2) is 9.05. The topological polar surface area (TPSA) is 95.3 Å². The molecule has 1 amide bonds. The van der Waals surface area contributed by atoms with Gasteiger partial charge in [-0.1, -0.05) is 70.5 Å². The molecule has 2 aromatic heterocycles. The molecule has 0 unspecified atom stereocenters. The Morgan fingerprint density at radius 2 is 1.59 bits per heavy atom. The van der Waals surface area contributed by atoms with Crippen molar-refractivity contribution in [3.63, 3.8) is 0 Å². The zero-order chi connectivity index (χ0) is 25.7. The summed E-state index contributed by atoms with van der Waals surface area (Å²) in [6.07, 6.45) is 1.77. The van der Waals surface area contributed by atoms with Crippen molar-refractivity contribution in [1.82, 2.24) is 14.9 Å². The Morgan fingerprint density at radius 3 is 2.35 bits per heavy atom. The van der Waals surface area contributed by atoms with E-state index in [0.717, 1.165) is 37.7 Å². The molecule has 0 bridgehead atoms. The summed E-state index contributed by atoms with van der Waals surface area (Å²) >= 11 is 3.63.